The van der Waals surface area contributed by atoms with Crippen LogP contribution in [-0.2, 0) is 6.54 Å². The highest BCUT2D eigenvalue weighted by atomic mass is 16.4. The normalized spacial score (nSPS) is 24.1. The highest BCUT2D eigenvalue weighted by molar-refractivity contribution is 6.06. The molecule has 0 saturated heterocycles. The van der Waals surface area contributed by atoms with Crippen molar-refractivity contribution in [2.75, 3.05) is 5.32 Å². The first-order valence-corrected chi connectivity index (χ1v) is 15.1. The van der Waals surface area contributed by atoms with Crippen molar-refractivity contribution in [1.29, 1.82) is 0 Å². The smallest absolute Gasteiger partial charge is 0.338 e. The fraction of sp³-hybridized carbons (Fsp3) is 0.394. The van der Waals surface area contributed by atoms with E-state index in [0.717, 1.165) is 46.8 Å². The second-order valence-electron chi connectivity index (χ2n) is 13.1. The van der Waals surface area contributed by atoms with Crippen molar-refractivity contribution in [2.24, 2.45) is 23.2 Å². The van der Waals surface area contributed by atoms with Crippen LogP contribution in [0.15, 0.2) is 55.4 Å². The van der Waals surface area contributed by atoms with Crippen LogP contribution in [0.5, 0.6) is 0 Å². The van der Waals surface area contributed by atoms with Gasteiger partial charge in [-0.3, -0.25) is 9.25 Å². The van der Waals surface area contributed by atoms with Gasteiger partial charge in [-0.05, 0) is 99.3 Å². The van der Waals surface area contributed by atoms with Crippen LogP contribution < -0.4 is 5.32 Å². The number of pyridine rings is 3. The summed E-state index contributed by atoms with van der Waals surface area (Å²) in [5, 5.41) is 18.4. The molecule has 0 spiro atoms. The summed E-state index contributed by atoms with van der Waals surface area (Å²) in [6.07, 6.45) is 16.6. The Morgan fingerprint density at radius 1 is 0.977 bits per heavy atom. The standard InChI is InChI=1S/C33H34N8O2/c1-19-7-24(14-35-30(19)39-27-5-3-4-6-34-27)40-18-37-29-28(32(42)43)26(15-36-31(29)40)25-16-38-41(20(25)2)17-33-11-21-8-22(12-33)10-23(9-21)13-33/h3-7,14-16,18,21-23H,8-13,17H2,1-2H3,(H,42,43)(H,34,35,39). The van der Waals surface area contributed by atoms with Gasteiger partial charge in [-0.15, -0.1) is 0 Å². The van der Waals surface area contributed by atoms with Gasteiger partial charge in [-0.2, -0.15) is 5.10 Å². The van der Waals surface area contributed by atoms with Gasteiger partial charge in [0.05, 0.1) is 23.6 Å². The average Bonchev–Trinajstić information content (AvgIpc) is 3.56. The third-order valence-corrected chi connectivity index (χ3v) is 10.1. The number of rotatable bonds is 7. The first-order valence-electron chi connectivity index (χ1n) is 15.1. The molecule has 10 heteroatoms. The lowest BCUT2D eigenvalue weighted by Crippen LogP contribution is -2.48. The molecule has 0 amide bonds. The summed E-state index contributed by atoms with van der Waals surface area (Å²) < 4.78 is 3.89. The van der Waals surface area contributed by atoms with Crippen LogP contribution >= 0.6 is 0 Å². The molecule has 4 bridgehead atoms. The molecule has 0 aliphatic heterocycles. The fourth-order valence-electron chi connectivity index (χ4n) is 8.62. The van der Waals surface area contributed by atoms with Crippen molar-refractivity contribution in [1.82, 2.24) is 34.3 Å². The Morgan fingerprint density at radius 2 is 1.74 bits per heavy atom. The van der Waals surface area contributed by atoms with E-state index >= 15 is 0 Å². The molecule has 0 aromatic carbocycles. The van der Waals surface area contributed by atoms with Crippen LogP contribution in [0.25, 0.3) is 28.0 Å². The maximum absolute atomic E-state index is 12.7. The molecule has 4 saturated carbocycles. The van der Waals surface area contributed by atoms with Gasteiger partial charge in [0.2, 0.25) is 0 Å². The van der Waals surface area contributed by atoms with Crippen LogP contribution in [0, 0.1) is 37.0 Å². The summed E-state index contributed by atoms with van der Waals surface area (Å²) in [6, 6.07) is 7.61. The first kappa shape index (κ1) is 26.1. The number of nitrogens with one attached hydrogen (secondary N) is 1. The Morgan fingerprint density at radius 3 is 2.42 bits per heavy atom. The first-order chi connectivity index (χ1) is 20.9. The summed E-state index contributed by atoms with van der Waals surface area (Å²) in [7, 11) is 0. The van der Waals surface area contributed by atoms with Crippen LogP contribution in [0.3, 0.4) is 0 Å². The van der Waals surface area contributed by atoms with E-state index in [9.17, 15) is 9.90 Å². The van der Waals surface area contributed by atoms with Crippen molar-refractivity contribution in [3.05, 3.63) is 72.2 Å². The van der Waals surface area contributed by atoms with E-state index in [2.05, 4.69) is 25.0 Å². The molecule has 5 heterocycles. The van der Waals surface area contributed by atoms with Gasteiger partial charge in [0, 0.05) is 35.8 Å². The Balaban J connectivity index is 1.12. The fourth-order valence-corrected chi connectivity index (χ4v) is 8.62. The number of nitrogens with zero attached hydrogens (tertiary/aromatic N) is 7. The summed E-state index contributed by atoms with van der Waals surface area (Å²) in [4.78, 5) is 30.9. The SMILES string of the molecule is Cc1cc(-n2cnc3c(C(=O)O)c(-c4cnn(CC56CC7CC(CC(C7)C5)C6)c4C)cnc32)cnc1Nc1ccccn1. The minimum Gasteiger partial charge on any atom is -0.478 e. The molecule has 5 aromatic heterocycles. The van der Waals surface area contributed by atoms with E-state index < -0.39 is 5.97 Å². The maximum Gasteiger partial charge on any atom is 0.338 e. The molecule has 218 valence electrons. The third-order valence-electron chi connectivity index (χ3n) is 10.1. The zero-order valence-corrected chi connectivity index (χ0v) is 24.4. The number of hydrogen-bond acceptors (Lipinski definition) is 7. The van der Waals surface area contributed by atoms with E-state index in [0.29, 0.717) is 33.8 Å². The van der Waals surface area contributed by atoms with Gasteiger partial charge in [0.15, 0.2) is 5.65 Å². The number of aromatic nitrogens is 7. The van der Waals surface area contributed by atoms with Gasteiger partial charge in [-0.25, -0.2) is 24.7 Å². The summed E-state index contributed by atoms with van der Waals surface area (Å²) in [5.74, 6) is 2.97. The second-order valence-corrected chi connectivity index (χ2v) is 13.1. The second kappa shape index (κ2) is 9.72. The van der Waals surface area contributed by atoms with E-state index in [-0.39, 0.29) is 5.56 Å². The number of imidazole rings is 1. The number of carboxylic acids is 1. The third kappa shape index (κ3) is 4.38. The summed E-state index contributed by atoms with van der Waals surface area (Å²) >= 11 is 0. The number of carbonyl (C=O) groups is 1. The number of anilines is 2. The van der Waals surface area contributed by atoms with E-state index in [1.54, 1.807) is 29.5 Å². The molecule has 0 radical (unpaired) electrons. The molecule has 43 heavy (non-hydrogen) atoms. The monoisotopic (exact) mass is 574 g/mol. The van der Waals surface area contributed by atoms with Crippen molar-refractivity contribution >= 4 is 28.8 Å². The van der Waals surface area contributed by atoms with E-state index in [1.165, 1.54) is 38.5 Å². The lowest BCUT2D eigenvalue weighted by Gasteiger charge is -2.56. The van der Waals surface area contributed by atoms with Crippen LogP contribution in [0.2, 0.25) is 0 Å². The summed E-state index contributed by atoms with van der Waals surface area (Å²) in [6.45, 7) is 4.91. The number of hydrogen-bond donors (Lipinski definition) is 2. The maximum atomic E-state index is 12.7. The van der Waals surface area contributed by atoms with Crippen molar-refractivity contribution < 1.29 is 9.90 Å². The molecule has 4 aliphatic rings. The Kier molecular flexibility index (Phi) is 5.89. The molecule has 4 fully saturated rings. The minimum absolute atomic E-state index is 0.138. The Bertz CT molecular complexity index is 1840. The number of aromatic carboxylic acids is 1. The molecule has 10 nitrogen and oxygen atoms in total. The van der Waals surface area contributed by atoms with Gasteiger partial charge in [0.25, 0.3) is 0 Å². The Hall–Kier alpha value is -4.60. The van der Waals surface area contributed by atoms with Crippen LogP contribution in [0.1, 0.15) is 60.1 Å². The minimum atomic E-state index is -1.04. The van der Waals surface area contributed by atoms with Crippen molar-refractivity contribution in [3.8, 4) is 16.8 Å². The topological polar surface area (TPSA) is 124 Å². The molecule has 9 rings (SSSR count). The van der Waals surface area contributed by atoms with Gasteiger partial charge >= 0.3 is 5.97 Å². The molecule has 2 N–H and O–H groups in total. The zero-order chi connectivity index (χ0) is 29.3. The van der Waals surface area contributed by atoms with Crippen LogP contribution in [0.4, 0.5) is 11.6 Å². The van der Waals surface area contributed by atoms with Crippen molar-refractivity contribution in [2.45, 2.75) is 58.9 Å². The molecule has 5 aromatic rings. The summed E-state index contributed by atoms with van der Waals surface area (Å²) in [5.41, 5.74) is 5.24. The molecule has 4 aliphatic carbocycles. The number of fused-ring (bicyclic) bond motifs is 1. The predicted molar refractivity (Wildman–Crippen MR) is 162 cm³/mol. The lowest BCUT2D eigenvalue weighted by atomic mass is 9.49. The number of aryl methyl sites for hydroxylation is 1. The predicted octanol–water partition coefficient (Wildman–Crippen LogP) is 6.35. The quantitative estimate of drug-likeness (QED) is 0.231. The van der Waals surface area contributed by atoms with E-state index in [4.69, 9.17) is 10.1 Å². The number of carboxylic acid groups (broad SMARTS) is 1. The lowest BCUT2D eigenvalue weighted by molar-refractivity contribution is -0.0638. The largest absolute Gasteiger partial charge is 0.478 e. The van der Waals surface area contributed by atoms with E-state index in [1.807, 2.05) is 44.3 Å². The molecular weight excluding hydrogens is 540 g/mol. The molecular formula is C33H34N8O2. The molecule has 0 unspecified atom stereocenters. The highest BCUT2D eigenvalue weighted by Crippen LogP contribution is 2.60. The zero-order valence-electron chi connectivity index (χ0n) is 24.4. The van der Waals surface area contributed by atoms with Gasteiger partial charge < -0.3 is 10.4 Å². The molecule has 0 atom stereocenters. The average molecular weight is 575 g/mol. The van der Waals surface area contributed by atoms with Crippen molar-refractivity contribution in [3.63, 3.8) is 0 Å². The Labute approximate surface area is 249 Å². The van der Waals surface area contributed by atoms with Gasteiger partial charge in [0.1, 0.15) is 23.5 Å². The highest BCUT2D eigenvalue weighted by Gasteiger charge is 2.51. The van der Waals surface area contributed by atoms with Gasteiger partial charge in [-0.1, -0.05) is 6.07 Å². The van der Waals surface area contributed by atoms with Crippen LogP contribution in [-0.4, -0.2) is 45.4 Å².